The van der Waals surface area contributed by atoms with Gasteiger partial charge < -0.3 is 9.64 Å². The number of halogens is 4. The van der Waals surface area contributed by atoms with E-state index in [0.29, 0.717) is 25.7 Å². The third kappa shape index (κ3) is 4.32. The predicted octanol–water partition coefficient (Wildman–Crippen LogP) is 3.43. The first-order valence-corrected chi connectivity index (χ1v) is 12.8. The number of fused-ring (bicyclic) bond motifs is 3. The van der Waals surface area contributed by atoms with Crippen LogP contribution in [0.15, 0.2) is 6.20 Å². The summed E-state index contributed by atoms with van der Waals surface area (Å²) in [5.74, 6) is -4.93. The van der Waals surface area contributed by atoms with Crippen molar-refractivity contribution in [3.05, 3.63) is 17.2 Å². The van der Waals surface area contributed by atoms with E-state index in [1.54, 1.807) is 4.90 Å². The van der Waals surface area contributed by atoms with Crippen molar-refractivity contribution in [1.82, 2.24) is 15.0 Å². The maximum absolute atomic E-state index is 14.8. The molecule has 2 bridgehead atoms. The molecular weight excluding hydrogens is 485 g/mol. The standard InChI is InChI=1S/C20H22ClF3N4O4S/c1-33(29,30)32-10-19(4-5-19)9-31-18-26-15-13(6-25-16(21)14(15)22)17(27-18)28-7-11-2-3-12(8-28)20(11,23)24/h6,11-12H,2-5,7-10H2,1H3. The molecule has 8 nitrogen and oxygen atoms in total. The van der Waals surface area contributed by atoms with Crippen molar-refractivity contribution in [2.45, 2.75) is 31.6 Å². The van der Waals surface area contributed by atoms with E-state index in [9.17, 15) is 21.6 Å². The minimum atomic E-state index is -3.60. The Balaban J connectivity index is 1.45. The summed E-state index contributed by atoms with van der Waals surface area (Å²) in [6.45, 7) is 0.176. The summed E-state index contributed by atoms with van der Waals surface area (Å²) in [5, 5.41) is -0.112. The Kier molecular flexibility index (Phi) is 5.41. The quantitative estimate of drug-likeness (QED) is 0.416. The third-order valence-electron chi connectivity index (χ3n) is 6.78. The summed E-state index contributed by atoms with van der Waals surface area (Å²) < 4.78 is 76.9. The van der Waals surface area contributed by atoms with E-state index < -0.39 is 39.1 Å². The van der Waals surface area contributed by atoms with Gasteiger partial charge in [0.05, 0.1) is 24.9 Å². The lowest BCUT2D eigenvalue weighted by molar-refractivity contribution is -0.0830. The number of anilines is 1. The highest BCUT2D eigenvalue weighted by Gasteiger charge is 2.56. The minimum Gasteiger partial charge on any atom is -0.463 e. The summed E-state index contributed by atoms with van der Waals surface area (Å²) in [4.78, 5) is 14.1. The Morgan fingerprint density at radius 2 is 1.85 bits per heavy atom. The normalized spacial score (nSPS) is 25.4. The molecule has 1 aliphatic heterocycles. The second kappa shape index (κ2) is 7.81. The van der Waals surface area contributed by atoms with E-state index >= 15 is 0 Å². The lowest BCUT2D eigenvalue weighted by Gasteiger charge is -2.38. The lowest BCUT2D eigenvalue weighted by atomic mass is 9.93. The van der Waals surface area contributed by atoms with Crippen molar-refractivity contribution in [2.75, 3.05) is 37.5 Å². The summed E-state index contributed by atoms with van der Waals surface area (Å²) in [5.41, 5.74) is -0.612. The van der Waals surface area contributed by atoms with Crippen LogP contribution in [0.3, 0.4) is 0 Å². The van der Waals surface area contributed by atoms with Crippen LogP contribution in [0.4, 0.5) is 19.0 Å². The average molecular weight is 507 g/mol. The van der Waals surface area contributed by atoms with E-state index in [1.807, 2.05) is 0 Å². The number of rotatable bonds is 7. The number of pyridine rings is 1. The van der Waals surface area contributed by atoms with Gasteiger partial charge in [-0.05, 0) is 25.7 Å². The van der Waals surface area contributed by atoms with Crippen molar-refractivity contribution >= 4 is 38.4 Å². The van der Waals surface area contributed by atoms with Gasteiger partial charge in [-0.2, -0.15) is 18.4 Å². The van der Waals surface area contributed by atoms with Crippen LogP contribution >= 0.6 is 11.6 Å². The van der Waals surface area contributed by atoms with Crippen molar-refractivity contribution in [1.29, 1.82) is 0 Å². The van der Waals surface area contributed by atoms with Crippen LogP contribution in [0.2, 0.25) is 5.15 Å². The summed E-state index contributed by atoms with van der Waals surface area (Å²) >= 11 is 5.84. The molecule has 0 spiro atoms. The highest BCUT2D eigenvalue weighted by Crippen LogP contribution is 2.50. The summed E-state index contributed by atoms with van der Waals surface area (Å²) in [7, 11) is -3.60. The molecule has 2 atom stereocenters. The number of ether oxygens (including phenoxy) is 1. The Morgan fingerprint density at radius 3 is 2.45 bits per heavy atom. The molecule has 3 heterocycles. The van der Waals surface area contributed by atoms with Gasteiger partial charge in [-0.3, -0.25) is 4.18 Å². The van der Waals surface area contributed by atoms with E-state index in [-0.39, 0.29) is 54.2 Å². The SMILES string of the molecule is CS(=O)(=O)OCC1(COc2nc(N3CC4CCC(C3)C4(F)F)c3cnc(Cl)c(F)c3n2)CC1. The third-order valence-corrected chi connectivity index (χ3v) is 7.59. The molecule has 2 aromatic rings. The molecule has 0 N–H and O–H groups in total. The molecule has 5 rings (SSSR count). The van der Waals surface area contributed by atoms with Crippen LogP contribution in [0.1, 0.15) is 25.7 Å². The highest BCUT2D eigenvalue weighted by atomic mass is 35.5. The fraction of sp³-hybridized carbons (Fsp3) is 0.650. The van der Waals surface area contributed by atoms with Gasteiger partial charge in [0.25, 0.3) is 16.0 Å². The fourth-order valence-corrected chi connectivity index (χ4v) is 5.19. The van der Waals surface area contributed by atoms with E-state index in [4.69, 9.17) is 20.5 Å². The van der Waals surface area contributed by atoms with E-state index in [2.05, 4.69) is 15.0 Å². The molecule has 13 heteroatoms. The molecule has 3 fully saturated rings. The maximum atomic E-state index is 14.8. The monoisotopic (exact) mass is 506 g/mol. The van der Waals surface area contributed by atoms with Crippen LogP contribution in [0.25, 0.3) is 10.9 Å². The van der Waals surface area contributed by atoms with Gasteiger partial charge >= 0.3 is 6.01 Å². The second-order valence-corrected chi connectivity index (χ2v) is 11.3. The van der Waals surface area contributed by atoms with Gasteiger partial charge in [0.15, 0.2) is 11.0 Å². The molecule has 2 aromatic heterocycles. The Hall–Kier alpha value is -1.92. The number of alkyl halides is 2. The van der Waals surface area contributed by atoms with Crippen LogP contribution in [0.5, 0.6) is 6.01 Å². The second-order valence-electron chi connectivity index (χ2n) is 9.26. The van der Waals surface area contributed by atoms with Gasteiger partial charge in [-0.15, -0.1) is 0 Å². The first-order chi connectivity index (χ1) is 15.5. The molecule has 0 aromatic carbocycles. The van der Waals surface area contributed by atoms with Gasteiger partial charge in [-0.25, -0.2) is 18.2 Å². The molecule has 1 saturated heterocycles. The summed E-state index contributed by atoms with van der Waals surface area (Å²) in [6.07, 6.45) is 4.52. The zero-order valence-electron chi connectivity index (χ0n) is 17.7. The highest BCUT2D eigenvalue weighted by molar-refractivity contribution is 7.85. The zero-order valence-corrected chi connectivity index (χ0v) is 19.3. The molecule has 180 valence electrons. The number of hydrogen-bond acceptors (Lipinski definition) is 8. The van der Waals surface area contributed by atoms with Crippen molar-refractivity contribution < 1.29 is 30.5 Å². The van der Waals surface area contributed by atoms with Gasteiger partial charge in [0.1, 0.15) is 11.3 Å². The Morgan fingerprint density at radius 1 is 1.18 bits per heavy atom. The fourth-order valence-electron chi connectivity index (χ4n) is 4.59. The van der Waals surface area contributed by atoms with Crippen LogP contribution in [0, 0.1) is 23.1 Å². The molecule has 2 saturated carbocycles. The zero-order chi connectivity index (χ0) is 23.6. The Labute approximate surface area is 193 Å². The van der Waals surface area contributed by atoms with Crippen LogP contribution in [-0.2, 0) is 14.3 Å². The number of piperidine rings is 1. The van der Waals surface area contributed by atoms with Crippen LogP contribution in [-0.4, -0.2) is 61.9 Å². The van der Waals surface area contributed by atoms with Crippen molar-refractivity contribution in [3.63, 3.8) is 0 Å². The smallest absolute Gasteiger partial charge is 0.319 e. The average Bonchev–Trinajstić information content (AvgIpc) is 3.51. The molecule has 2 aliphatic carbocycles. The van der Waals surface area contributed by atoms with Gasteiger partial charge in [-0.1, -0.05) is 11.6 Å². The van der Waals surface area contributed by atoms with E-state index in [0.717, 1.165) is 6.26 Å². The predicted molar refractivity (Wildman–Crippen MR) is 114 cm³/mol. The first kappa shape index (κ1) is 22.9. The molecule has 3 aliphatic rings. The van der Waals surface area contributed by atoms with Crippen LogP contribution < -0.4 is 9.64 Å². The molecule has 33 heavy (non-hydrogen) atoms. The van der Waals surface area contributed by atoms with Crippen molar-refractivity contribution in [2.24, 2.45) is 17.3 Å². The van der Waals surface area contributed by atoms with E-state index in [1.165, 1.54) is 6.20 Å². The largest absolute Gasteiger partial charge is 0.463 e. The maximum Gasteiger partial charge on any atom is 0.319 e. The molecule has 2 unspecified atom stereocenters. The van der Waals surface area contributed by atoms with Gasteiger partial charge in [0, 0.05) is 36.5 Å². The molecular formula is C20H22ClF3N4O4S. The van der Waals surface area contributed by atoms with Crippen molar-refractivity contribution in [3.8, 4) is 6.01 Å². The lowest BCUT2D eigenvalue weighted by Crippen LogP contribution is -2.49. The number of aromatic nitrogens is 3. The van der Waals surface area contributed by atoms with Gasteiger partial charge in [0.2, 0.25) is 0 Å². The summed E-state index contributed by atoms with van der Waals surface area (Å²) in [6, 6.07) is -0.144. The number of hydrogen-bond donors (Lipinski definition) is 0. The Bertz CT molecular complexity index is 1200. The molecule has 0 radical (unpaired) electrons. The number of nitrogens with zero attached hydrogens (tertiary/aromatic N) is 4. The topological polar surface area (TPSA) is 94.5 Å². The molecule has 0 amide bonds. The first-order valence-electron chi connectivity index (χ1n) is 10.6. The minimum absolute atomic E-state index is 0.0407.